The molecule has 0 aliphatic carbocycles. The summed E-state index contributed by atoms with van der Waals surface area (Å²) in [5.41, 5.74) is 1.20. The summed E-state index contributed by atoms with van der Waals surface area (Å²) in [4.78, 5) is 33.1. The summed E-state index contributed by atoms with van der Waals surface area (Å²) in [5.74, 6) is 0.827. The highest BCUT2D eigenvalue weighted by molar-refractivity contribution is 5.80. The van der Waals surface area contributed by atoms with Gasteiger partial charge in [-0.3, -0.25) is 14.5 Å². The summed E-state index contributed by atoms with van der Waals surface area (Å²) in [7, 11) is 5.68. The van der Waals surface area contributed by atoms with Gasteiger partial charge < -0.3 is 9.80 Å². The van der Waals surface area contributed by atoms with Gasteiger partial charge in [0.05, 0.1) is 6.54 Å². The number of nitrogens with zero attached hydrogens (tertiary/aromatic N) is 4. The number of carbonyl (C=O) groups is 2. The van der Waals surface area contributed by atoms with Crippen LogP contribution in [0.3, 0.4) is 0 Å². The molecule has 2 heterocycles. The number of amides is 1. The first-order valence-corrected chi connectivity index (χ1v) is 6.60. The molecule has 0 radical (unpaired) electrons. The van der Waals surface area contributed by atoms with Crippen molar-refractivity contribution in [2.45, 2.75) is 6.54 Å². The molecule has 1 aromatic rings. The highest BCUT2D eigenvalue weighted by atomic mass is 16.2. The zero-order valence-corrected chi connectivity index (χ0v) is 12.2. The summed E-state index contributed by atoms with van der Waals surface area (Å²) in [6, 6.07) is 3.74. The van der Waals surface area contributed by atoms with Gasteiger partial charge >= 0.3 is 0 Å². The molecule has 0 unspecified atom stereocenters. The van der Waals surface area contributed by atoms with E-state index >= 15 is 0 Å². The largest absolute Gasteiger partial charge is 0.363 e. The smallest absolute Gasteiger partial charge is 0.237 e. The molecule has 1 fully saturated rings. The Kier molecular flexibility index (Phi) is 4.34. The topological polar surface area (TPSA) is 56.8 Å². The van der Waals surface area contributed by atoms with E-state index in [1.165, 1.54) is 0 Å². The van der Waals surface area contributed by atoms with Crippen LogP contribution in [0.1, 0.15) is 16.1 Å². The van der Waals surface area contributed by atoms with Crippen LogP contribution in [0.25, 0.3) is 0 Å². The second kappa shape index (κ2) is 6.00. The van der Waals surface area contributed by atoms with E-state index in [0.717, 1.165) is 24.2 Å². The number of aromatic nitrogens is 1. The zero-order valence-electron chi connectivity index (χ0n) is 12.2. The minimum absolute atomic E-state index is 0.0901. The van der Waals surface area contributed by atoms with E-state index in [-0.39, 0.29) is 5.91 Å². The van der Waals surface area contributed by atoms with Gasteiger partial charge in [0.25, 0.3) is 0 Å². The maximum atomic E-state index is 12.0. The molecule has 0 aromatic carbocycles. The summed E-state index contributed by atoms with van der Waals surface area (Å²) in [6.45, 7) is 2.41. The van der Waals surface area contributed by atoms with E-state index in [0.29, 0.717) is 25.3 Å². The number of likely N-dealkylation sites (N-methyl/N-ethyl adjacent to an activating group) is 1. The average molecular weight is 276 g/mol. The zero-order chi connectivity index (χ0) is 14.7. The fourth-order valence-electron chi connectivity index (χ4n) is 2.18. The first-order chi connectivity index (χ1) is 9.51. The predicted octanol–water partition coefficient (Wildman–Crippen LogP) is 0.234. The second-order valence-corrected chi connectivity index (χ2v) is 5.28. The number of aldehydes is 1. The molecule has 0 spiro atoms. The Labute approximate surface area is 119 Å². The molecule has 6 heteroatoms. The lowest BCUT2D eigenvalue weighted by atomic mass is 10.1. The maximum absolute atomic E-state index is 12.0. The minimum Gasteiger partial charge on any atom is -0.363 e. The molecule has 108 valence electrons. The molecule has 1 aromatic heterocycles. The van der Waals surface area contributed by atoms with Crippen LogP contribution in [0, 0.1) is 0 Å². The Morgan fingerprint density at radius 2 is 2.10 bits per heavy atom. The van der Waals surface area contributed by atoms with Crippen LogP contribution in [0.4, 0.5) is 5.82 Å². The first-order valence-electron chi connectivity index (χ1n) is 6.60. The van der Waals surface area contributed by atoms with Gasteiger partial charge in [0, 0.05) is 39.3 Å². The number of carbonyl (C=O) groups excluding carboxylic acids is 2. The van der Waals surface area contributed by atoms with E-state index in [4.69, 9.17) is 0 Å². The molecule has 2 rings (SSSR count). The summed E-state index contributed by atoms with van der Waals surface area (Å²) in [6.07, 6.45) is 0.753. The molecular formula is C14H20N4O2. The Balaban J connectivity index is 2.17. The molecule has 0 bridgehead atoms. The van der Waals surface area contributed by atoms with Crippen LogP contribution in [-0.4, -0.2) is 67.8 Å². The van der Waals surface area contributed by atoms with Crippen LogP contribution in [0.5, 0.6) is 0 Å². The minimum atomic E-state index is 0.0901. The van der Waals surface area contributed by atoms with Gasteiger partial charge in [-0.2, -0.15) is 0 Å². The Morgan fingerprint density at radius 1 is 1.35 bits per heavy atom. The lowest BCUT2D eigenvalue weighted by Gasteiger charge is -2.32. The lowest BCUT2D eigenvalue weighted by Crippen LogP contribution is -2.48. The van der Waals surface area contributed by atoms with E-state index < -0.39 is 0 Å². The quantitative estimate of drug-likeness (QED) is 0.737. The van der Waals surface area contributed by atoms with Crippen molar-refractivity contribution in [1.29, 1.82) is 0 Å². The molecular weight excluding hydrogens is 256 g/mol. The van der Waals surface area contributed by atoms with Crippen molar-refractivity contribution >= 4 is 18.0 Å². The number of rotatable bonds is 4. The summed E-state index contributed by atoms with van der Waals surface area (Å²) in [5, 5.41) is 0. The van der Waals surface area contributed by atoms with Gasteiger partial charge in [0.15, 0.2) is 6.29 Å². The lowest BCUT2D eigenvalue weighted by molar-refractivity contribution is -0.136. The van der Waals surface area contributed by atoms with Crippen LogP contribution in [0.15, 0.2) is 12.1 Å². The van der Waals surface area contributed by atoms with Gasteiger partial charge in [-0.1, -0.05) is 6.07 Å². The van der Waals surface area contributed by atoms with Gasteiger partial charge in [-0.25, -0.2) is 4.98 Å². The van der Waals surface area contributed by atoms with Crippen molar-refractivity contribution in [3.63, 3.8) is 0 Å². The monoisotopic (exact) mass is 276 g/mol. The average Bonchev–Trinajstić information content (AvgIpc) is 2.42. The normalized spacial score (nSPS) is 16.4. The van der Waals surface area contributed by atoms with E-state index in [2.05, 4.69) is 4.98 Å². The second-order valence-electron chi connectivity index (χ2n) is 5.28. The Morgan fingerprint density at radius 3 is 2.70 bits per heavy atom. The number of piperazine rings is 1. The van der Waals surface area contributed by atoms with Crippen molar-refractivity contribution in [2.24, 2.45) is 0 Å². The van der Waals surface area contributed by atoms with Gasteiger partial charge in [0.2, 0.25) is 5.91 Å². The van der Waals surface area contributed by atoms with Crippen LogP contribution in [-0.2, 0) is 11.3 Å². The third-order valence-corrected chi connectivity index (χ3v) is 3.44. The van der Waals surface area contributed by atoms with Crippen molar-refractivity contribution in [2.75, 3.05) is 45.7 Å². The third kappa shape index (κ3) is 3.14. The van der Waals surface area contributed by atoms with Gasteiger partial charge in [0.1, 0.15) is 11.5 Å². The van der Waals surface area contributed by atoms with E-state index in [9.17, 15) is 9.59 Å². The van der Waals surface area contributed by atoms with Crippen molar-refractivity contribution in [3.8, 4) is 0 Å². The highest BCUT2D eigenvalue weighted by Crippen LogP contribution is 2.15. The highest BCUT2D eigenvalue weighted by Gasteiger charge is 2.22. The standard InChI is InChI=1S/C14H20N4O2/c1-16(2)13-5-4-11(12(10-19)15-13)8-18-7-6-17(3)9-14(18)20/h4-5,10H,6-9H2,1-3H3. The maximum Gasteiger partial charge on any atom is 0.237 e. The van der Waals surface area contributed by atoms with Crippen LogP contribution >= 0.6 is 0 Å². The van der Waals surface area contributed by atoms with E-state index in [1.54, 1.807) is 4.90 Å². The van der Waals surface area contributed by atoms with Crippen LogP contribution in [0.2, 0.25) is 0 Å². The number of hydrogen-bond acceptors (Lipinski definition) is 5. The summed E-state index contributed by atoms with van der Waals surface area (Å²) < 4.78 is 0. The fourth-order valence-corrected chi connectivity index (χ4v) is 2.18. The first kappa shape index (κ1) is 14.5. The molecule has 0 atom stereocenters. The van der Waals surface area contributed by atoms with Crippen molar-refractivity contribution < 1.29 is 9.59 Å². The van der Waals surface area contributed by atoms with Crippen molar-refractivity contribution in [3.05, 3.63) is 23.4 Å². The SMILES string of the molecule is CN1CCN(Cc2ccc(N(C)C)nc2C=O)C(=O)C1. The molecule has 1 aliphatic rings. The number of anilines is 1. The van der Waals surface area contributed by atoms with Gasteiger partial charge in [-0.15, -0.1) is 0 Å². The molecule has 1 amide bonds. The molecule has 1 saturated heterocycles. The molecule has 20 heavy (non-hydrogen) atoms. The number of pyridine rings is 1. The van der Waals surface area contributed by atoms with Crippen molar-refractivity contribution in [1.82, 2.24) is 14.8 Å². The Hall–Kier alpha value is -1.95. The predicted molar refractivity (Wildman–Crippen MR) is 76.9 cm³/mol. The Bertz CT molecular complexity index is 516. The molecule has 6 nitrogen and oxygen atoms in total. The molecule has 1 aliphatic heterocycles. The van der Waals surface area contributed by atoms with Crippen LogP contribution < -0.4 is 4.90 Å². The summed E-state index contributed by atoms with van der Waals surface area (Å²) >= 11 is 0. The number of hydrogen-bond donors (Lipinski definition) is 0. The fraction of sp³-hybridized carbons (Fsp3) is 0.500. The third-order valence-electron chi connectivity index (χ3n) is 3.44. The molecule has 0 N–H and O–H groups in total. The molecule has 0 saturated carbocycles. The van der Waals surface area contributed by atoms with E-state index in [1.807, 2.05) is 43.1 Å². The van der Waals surface area contributed by atoms with Gasteiger partial charge in [-0.05, 0) is 13.1 Å².